The van der Waals surface area contributed by atoms with Crippen LogP contribution in [0.5, 0.6) is 0 Å². The fourth-order valence-electron chi connectivity index (χ4n) is 6.64. The number of hydrogen-bond acceptors (Lipinski definition) is 4. The molecule has 3 aromatic heterocycles. The molecule has 0 spiro atoms. The van der Waals surface area contributed by atoms with Crippen molar-refractivity contribution in [2.75, 3.05) is 0 Å². The summed E-state index contributed by atoms with van der Waals surface area (Å²) < 4.78 is 5.21. The van der Waals surface area contributed by atoms with E-state index in [9.17, 15) is 9.59 Å². The first kappa shape index (κ1) is 26.8. The number of para-hydroxylation sites is 4. The van der Waals surface area contributed by atoms with E-state index in [4.69, 9.17) is 9.97 Å². The van der Waals surface area contributed by atoms with Crippen molar-refractivity contribution >= 4 is 43.9 Å². The largest absolute Gasteiger partial charge is 0.321 e. The second kappa shape index (κ2) is 10.5. The van der Waals surface area contributed by atoms with Gasteiger partial charge in [-0.25, -0.2) is 4.98 Å². The molecule has 0 saturated heterocycles. The molecule has 0 unspecified atom stereocenters. The Labute approximate surface area is 267 Å². The first-order chi connectivity index (χ1) is 23.2. The van der Waals surface area contributed by atoms with E-state index in [-0.39, 0.29) is 0 Å². The van der Waals surface area contributed by atoms with Gasteiger partial charge < -0.3 is 4.57 Å². The molecule has 6 aromatic carbocycles. The van der Waals surface area contributed by atoms with Crippen LogP contribution in [0.4, 0.5) is 0 Å². The van der Waals surface area contributed by atoms with E-state index in [2.05, 4.69) is 59.2 Å². The van der Waals surface area contributed by atoms with Crippen LogP contribution in [0.2, 0.25) is 0 Å². The Kier molecular flexibility index (Phi) is 5.98. The molecule has 0 aliphatic carbocycles. The normalized spacial score (nSPS) is 11.6. The highest BCUT2D eigenvalue weighted by atomic mass is 16.2. The fraction of sp³-hybridized carbons (Fsp3) is 0. The topological polar surface area (TPSA) is 74.7 Å². The minimum atomic E-state index is -0.664. The third-order valence-corrected chi connectivity index (χ3v) is 8.73. The van der Waals surface area contributed by atoms with E-state index in [1.54, 1.807) is 6.20 Å². The van der Waals surface area contributed by atoms with Gasteiger partial charge in [-0.2, -0.15) is 0 Å². The van der Waals surface area contributed by atoms with Gasteiger partial charge in [0.25, 0.3) is 0 Å². The maximum Gasteiger partial charge on any atom is 0.321 e. The Morgan fingerprint density at radius 1 is 0.468 bits per heavy atom. The summed E-state index contributed by atoms with van der Waals surface area (Å²) in [6.07, 6.45) is 1.77. The third-order valence-electron chi connectivity index (χ3n) is 8.73. The summed E-state index contributed by atoms with van der Waals surface area (Å²) in [7, 11) is 0. The van der Waals surface area contributed by atoms with Gasteiger partial charge in [0, 0.05) is 33.4 Å². The molecule has 7 nitrogen and oxygen atoms in total. The van der Waals surface area contributed by atoms with Crippen molar-refractivity contribution < 1.29 is 0 Å². The highest BCUT2D eigenvalue weighted by Crippen LogP contribution is 2.35. The highest BCUT2D eigenvalue weighted by molar-refractivity contribution is 6.10. The fourth-order valence-corrected chi connectivity index (χ4v) is 6.64. The predicted octanol–water partition coefficient (Wildman–Crippen LogP) is 7.85. The average Bonchev–Trinajstić information content (AvgIpc) is 3.47. The molecular formula is C40H25N5O2. The molecule has 9 aromatic rings. The van der Waals surface area contributed by atoms with Crippen molar-refractivity contribution in [1.29, 1.82) is 0 Å². The van der Waals surface area contributed by atoms with E-state index in [0.29, 0.717) is 39.1 Å². The van der Waals surface area contributed by atoms with Crippen molar-refractivity contribution in [2.45, 2.75) is 0 Å². The van der Waals surface area contributed by atoms with Crippen LogP contribution in [0.3, 0.4) is 0 Å². The molecule has 0 amide bonds. The summed E-state index contributed by atoms with van der Waals surface area (Å²) in [5, 5.41) is 2.23. The van der Waals surface area contributed by atoms with Gasteiger partial charge in [-0.3, -0.25) is 23.7 Å². The predicted molar refractivity (Wildman–Crippen MR) is 188 cm³/mol. The van der Waals surface area contributed by atoms with Gasteiger partial charge in [0.15, 0.2) is 0 Å². The number of nitrogens with zero attached hydrogens (tertiary/aromatic N) is 5. The highest BCUT2D eigenvalue weighted by Gasteiger charge is 2.20. The van der Waals surface area contributed by atoms with Gasteiger partial charge in [0.1, 0.15) is 11.0 Å². The van der Waals surface area contributed by atoms with Crippen LogP contribution in [0.25, 0.3) is 72.2 Å². The number of fused-ring (bicyclic) bond motifs is 6. The summed E-state index contributed by atoms with van der Waals surface area (Å²) in [5.41, 5.74) is 6.94. The summed E-state index contributed by atoms with van der Waals surface area (Å²) in [6.45, 7) is 0. The zero-order valence-corrected chi connectivity index (χ0v) is 25.0. The number of benzene rings is 6. The lowest BCUT2D eigenvalue weighted by atomic mass is 10.1. The Bertz CT molecular complexity index is 2770. The van der Waals surface area contributed by atoms with Crippen LogP contribution < -0.4 is 11.1 Å². The van der Waals surface area contributed by atoms with Gasteiger partial charge >= 0.3 is 11.1 Å². The number of rotatable bonds is 4. The Hall–Kier alpha value is -6.60. The molecule has 0 saturated carbocycles. The molecule has 7 heteroatoms. The number of aromatic nitrogens is 5. The van der Waals surface area contributed by atoms with Crippen LogP contribution in [-0.2, 0) is 0 Å². The molecule has 0 atom stereocenters. The van der Waals surface area contributed by atoms with Crippen LogP contribution in [0.1, 0.15) is 0 Å². The van der Waals surface area contributed by atoms with Crippen molar-refractivity contribution in [3.8, 4) is 28.3 Å². The first-order valence-electron chi connectivity index (χ1n) is 15.3. The standard InChI is InChI=1S/C40H25N5O2/c46-39-40(47)45(29-16-8-3-9-17-29)38-36(44(39)28-14-6-2-7-15-28)23-21-32-37(38)42-33(25-41-32)26-20-22-35-31(24-26)30-18-10-11-19-34(30)43(35)27-12-4-1-5-13-27/h1-25H. The van der Waals surface area contributed by atoms with Crippen LogP contribution in [0.15, 0.2) is 161 Å². The first-order valence-corrected chi connectivity index (χ1v) is 15.3. The van der Waals surface area contributed by atoms with Crippen molar-refractivity contribution in [2.24, 2.45) is 0 Å². The lowest BCUT2D eigenvalue weighted by Gasteiger charge is -2.17. The van der Waals surface area contributed by atoms with Crippen LogP contribution >= 0.6 is 0 Å². The Balaban J connectivity index is 1.34. The van der Waals surface area contributed by atoms with Crippen molar-refractivity contribution in [3.05, 3.63) is 172 Å². The third kappa shape index (κ3) is 4.14. The molecule has 0 bridgehead atoms. The monoisotopic (exact) mass is 607 g/mol. The quantitative estimate of drug-likeness (QED) is 0.151. The molecule has 0 aliphatic heterocycles. The van der Waals surface area contributed by atoms with Gasteiger partial charge in [-0.15, -0.1) is 0 Å². The lowest BCUT2D eigenvalue weighted by Crippen LogP contribution is -2.40. The molecule has 0 N–H and O–H groups in total. The molecule has 222 valence electrons. The average molecular weight is 608 g/mol. The van der Waals surface area contributed by atoms with Gasteiger partial charge in [0.2, 0.25) is 0 Å². The van der Waals surface area contributed by atoms with E-state index in [0.717, 1.165) is 33.1 Å². The zero-order valence-electron chi connectivity index (χ0n) is 25.0. The minimum absolute atomic E-state index is 0.512. The second-order valence-electron chi connectivity index (χ2n) is 11.4. The molecule has 0 fully saturated rings. The van der Waals surface area contributed by atoms with Gasteiger partial charge in [0.05, 0.1) is 34.0 Å². The molecule has 0 aliphatic rings. The summed E-state index contributed by atoms with van der Waals surface area (Å²) in [4.78, 5) is 37.7. The SMILES string of the molecule is O=c1c(=O)n(-c2ccccc2)c2c3nc(-c4ccc5c(c4)c4ccccc4n5-c4ccccc4)cnc3ccc2n1-c1ccccc1. The van der Waals surface area contributed by atoms with Crippen molar-refractivity contribution in [3.63, 3.8) is 0 Å². The van der Waals surface area contributed by atoms with E-state index < -0.39 is 11.1 Å². The maximum atomic E-state index is 13.9. The molecule has 0 radical (unpaired) electrons. The van der Waals surface area contributed by atoms with Gasteiger partial charge in [-0.05, 0) is 66.7 Å². The van der Waals surface area contributed by atoms with E-state index in [1.165, 1.54) is 9.13 Å². The zero-order chi connectivity index (χ0) is 31.5. The van der Waals surface area contributed by atoms with Gasteiger partial charge in [-0.1, -0.05) is 78.9 Å². The maximum absolute atomic E-state index is 13.9. The summed E-state index contributed by atoms with van der Waals surface area (Å²) in [6, 6.07) is 47.2. The van der Waals surface area contributed by atoms with E-state index >= 15 is 0 Å². The molecule has 47 heavy (non-hydrogen) atoms. The van der Waals surface area contributed by atoms with Crippen LogP contribution in [0, 0.1) is 0 Å². The van der Waals surface area contributed by atoms with Crippen LogP contribution in [-0.4, -0.2) is 23.7 Å². The summed E-state index contributed by atoms with van der Waals surface area (Å²) in [5.74, 6) is 0. The van der Waals surface area contributed by atoms with E-state index in [1.807, 2.05) is 91.0 Å². The Morgan fingerprint density at radius 2 is 1.02 bits per heavy atom. The molecular weight excluding hydrogens is 582 g/mol. The second-order valence-corrected chi connectivity index (χ2v) is 11.4. The Morgan fingerprint density at radius 3 is 1.72 bits per heavy atom. The molecule has 3 heterocycles. The minimum Gasteiger partial charge on any atom is -0.309 e. The van der Waals surface area contributed by atoms with Crippen molar-refractivity contribution in [1.82, 2.24) is 23.7 Å². The lowest BCUT2D eigenvalue weighted by molar-refractivity contribution is 0.920. The smallest absolute Gasteiger partial charge is 0.309 e. The molecule has 9 rings (SSSR count). The summed E-state index contributed by atoms with van der Waals surface area (Å²) >= 11 is 0. The number of hydrogen-bond donors (Lipinski definition) is 0.